The van der Waals surface area contributed by atoms with Crippen molar-refractivity contribution in [1.29, 1.82) is 0 Å². The number of rotatable bonds is 8. The average molecular weight is 562 g/mol. The van der Waals surface area contributed by atoms with Crippen LogP contribution in [0, 0.1) is 0 Å². The molecule has 4 rings (SSSR count). The van der Waals surface area contributed by atoms with Gasteiger partial charge in [0.2, 0.25) is 0 Å². The number of hydrazine groups is 1. The Balaban J connectivity index is 1.45. The van der Waals surface area contributed by atoms with Crippen LogP contribution in [0.15, 0.2) is 47.4 Å². The summed E-state index contributed by atoms with van der Waals surface area (Å²) in [6.45, 7) is 4.20. The highest BCUT2D eigenvalue weighted by Gasteiger charge is 2.34. The summed E-state index contributed by atoms with van der Waals surface area (Å²) in [7, 11) is 0. The van der Waals surface area contributed by atoms with Gasteiger partial charge in [-0.25, -0.2) is 0 Å². The number of nitrogens with zero attached hydrogens (tertiary/aromatic N) is 2. The van der Waals surface area contributed by atoms with Crippen molar-refractivity contribution in [2.45, 2.75) is 6.92 Å². The summed E-state index contributed by atoms with van der Waals surface area (Å²) < 4.78 is 16.9. The Morgan fingerprint density at radius 2 is 1.92 bits per heavy atom. The van der Waals surface area contributed by atoms with Gasteiger partial charge in [0.1, 0.15) is 0 Å². The summed E-state index contributed by atoms with van der Waals surface area (Å²) in [5, 5.41) is 1.29. The molecule has 0 spiro atoms. The van der Waals surface area contributed by atoms with Crippen molar-refractivity contribution < 1.29 is 28.6 Å². The zero-order chi connectivity index (χ0) is 26.4. The van der Waals surface area contributed by atoms with Crippen LogP contribution in [0.5, 0.6) is 11.5 Å². The number of carbonyl (C=O) groups is 3. The van der Waals surface area contributed by atoms with E-state index in [4.69, 9.17) is 38.0 Å². The van der Waals surface area contributed by atoms with Gasteiger partial charge in [0.05, 0.1) is 35.3 Å². The molecule has 2 aromatic rings. The number of halogens is 1. The Morgan fingerprint density at radius 1 is 1.16 bits per heavy atom. The van der Waals surface area contributed by atoms with Crippen LogP contribution in [0.25, 0.3) is 6.08 Å². The normalized spacial score (nSPS) is 16.8. The standard InChI is InChI=1S/C25H24ClN3O6S2/c1-2-34-20-13-16(7-8-19(20)35-15-22(30)28-9-11-33-12-10-28)14-21-24(32)29(25(36)37-21)27-23(31)17-5-3-4-6-18(17)26/h3-8,13-14H,2,9-12,15H2,1H3,(H,27,31)/b21-14+. The number of benzene rings is 2. The van der Waals surface area contributed by atoms with Crippen LogP contribution in [0.3, 0.4) is 0 Å². The predicted octanol–water partition coefficient (Wildman–Crippen LogP) is 3.52. The van der Waals surface area contributed by atoms with Crippen molar-refractivity contribution in [2.75, 3.05) is 39.5 Å². The van der Waals surface area contributed by atoms with Gasteiger partial charge in [-0.2, -0.15) is 5.01 Å². The SMILES string of the molecule is CCOc1cc(/C=C2/SC(=S)N(NC(=O)c3ccccc3Cl)C2=O)ccc1OCC(=O)N1CCOCC1. The van der Waals surface area contributed by atoms with Gasteiger partial charge in [0.15, 0.2) is 22.4 Å². The predicted molar refractivity (Wildman–Crippen MR) is 144 cm³/mol. The summed E-state index contributed by atoms with van der Waals surface area (Å²) in [6.07, 6.45) is 1.64. The van der Waals surface area contributed by atoms with Crippen molar-refractivity contribution in [2.24, 2.45) is 0 Å². The summed E-state index contributed by atoms with van der Waals surface area (Å²) in [4.78, 5) is 40.0. The molecule has 194 valence electrons. The van der Waals surface area contributed by atoms with Crippen LogP contribution in [-0.2, 0) is 14.3 Å². The van der Waals surface area contributed by atoms with E-state index in [9.17, 15) is 14.4 Å². The molecule has 2 heterocycles. The summed E-state index contributed by atoms with van der Waals surface area (Å²) in [5.41, 5.74) is 3.40. The second-order valence-electron chi connectivity index (χ2n) is 7.86. The van der Waals surface area contributed by atoms with Crippen LogP contribution in [0.4, 0.5) is 0 Å². The van der Waals surface area contributed by atoms with Crippen molar-refractivity contribution >= 4 is 63.7 Å². The second-order valence-corrected chi connectivity index (χ2v) is 9.94. The molecule has 3 amide bonds. The molecule has 12 heteroatoms. The molecule has 9 nitrogen and oxygen atoms in total. The molecule has 0 radical (unpaired) electrons. The van der Waals surface area contributed by atoms with Crippen molar-refractivity contribution in [3.8, 4) is 11.5 Å². The molecule has 2 fully saturated rings. The third-order valence-electron chi connectivity index (χ3n) is 5.41. The van der Waals surface area contributed by atoms with Gasteiger partial charge in [-0.1, -0.05) is 41.6 Å². The van der Waals surface area contributed by atoms with Crippen LogP contribution in [0.1, 0.15) is 22.8 Å². The minimum atomic E-state index is -0.546. The molecule has 0 aliphatic carbocycles. The zero-order valence-electron chi connectivity index (χ0n) is 19.9. The second kappa shape index (κ2) is 12.4. The monoisotopic (exact) mass is 561 g/mol. The summed E-state index contributed by atoms with van der Waals surface area (Å²) in [6, 6.07) is 11.7. The molecule has 1 N–H and O–H groups in total. The highest BCUT2D eigenvalue weighted by Crippen LogP contribution is 2.34. The molecule has 0 saturated carbocycles. The van der Waals surface area contributed by atoms with Crippen molar-refractivity contribution in [1.82, 2.24) is 15.3 Å². The molecule has 0 bridgehead atoms. The topological polar surface area (TPSA) is 97.4 Å². The van der Waals surface area contributed by atoms with Crippen molar-refractivity contribution in [3.63, 3.8) is 0 Å². The molecule has 2 saturated heterocycles. The molecule has 0 unspecified atom stereocenters. The first-order valence-corrected chi connectivity index (χ1v) is 13.1. The fourth-order valence-electron chi connectivity index (χ4n) is 3.57. The van der Waals surface area contributed by atoms with E-state index in [1.54, 1.807) is 53.4 Å². The maximum atomic E-state index is 13.0. The van der Waals surface area contributed by atoms with E-state index < -0.39 is 11.8 Å². The molecule has 2 aliphatic rings. The fraction of sp³-hybridized carbons (Fsp3) is 0.280. The van der Waals surface area contributed by atoms with Gasteiger partial charge in [-0.3, -0.25) is 19.8 Å². The number of thiocarbonyl (C=S) groups is 1. The van der Waals surface area contributed by atoms with E-state index in [1.165, 1.54) is 0 Å². The number of amides is 3. The zero-order valence-corrected chi connectivity index (χ0v) is 22.3. The average Bonchev–Trinajstić information content (AvgIpc) is 3.16. The first-order valence-electron chi connectivity index (χ1n) is 11.5. The molecule has 2 aliphatic heterocycles. The highest BCUT2D eigenvalue weighted by molar-refractivity contribution is 8.26. The quantitative estimate of drug-likeness (QED) is 0.386. The molecular weight excluding hydrogens is 538 g/mol. The van der Waals surface area contributed by atoms with E-state index in [1.807, 2.05) is 6.92 Å². The minimum Gasteiger partial charge on any atom is -0.490 e. The van der Waals surface area contributed by atoms with Gasteiger partial charge in [-0.05, 0) is 55.0 Å². The van der Waals surface area contributed by atoms with Gasteiger partial charge in [0.25, 0.3) is 17.7 Å². The number of hydrogen-bond acceptors (Lipinski definition) is 8. The van der Waals surface area contributed by atoms with E-state index in [2.05, 4.69) is 5.43 Å². The Labute approximate surface area is 228 Å². The van der Waals surface area contributed by atoms with E-state index in [0.717, 1.165) is 16.8 Å². The number of hydrogen-bond donors (Lipinski definition) is 1. The Morgan fingerprint density at radius 3 is 2.65 bits per heavy atom. The van der Waals surface area contributed by atoms with Gasteiger partial charge in [-0.15, -0.1) is 0 Å². The molecule has 2 aromatic carbocycles. The largest absolute Gasteiger partial charge is 0.490 e. The summed E-state index contributed by atoms with van der Waals surface area (Å²) in [5.74, 6) is -0.286. The number of nitrogens with one attached hydrogen (secondary N) is 1. The smallest absolute Gasteiger partial charge is 0.285 e. The number of carbonyl (C=O) groups excluding carboxylic acids is 3. The molecule has 37 heavy (non-hydrogen) atoms. The van der Waals surface area contributed by atoms with Gasteiger partial charge < -0.3 is 19.1 Å². The fourth-order valence-corrected chi connectivity index (χ4v) is 4.97. The minimum absolute atomic E-state index is 0.122. The van der Waals surface area contributed by atoms with Crippen molar-refractivity contribution in [3.05, 3.63) is 63.5 Å². The molecule has 0 aromatic heterocycles. The third kappa shape index (κ3) is 6.61. The first-order chi connectivity index (χ1) is 17.9. The lowest BCUT2D eigenvalue weighted by atomic mass is 10.2. The maximum Gasteiger partial charge on any atom is 0.285 e. The number of ether oxygens (including phenoxy) is 3. The van der Waals surface area contributed by atoms with E-state index in [0.29, 0.717) is 54.9 Å². The van der Waals surface area contributed by atoms with E-state index in [-0.39, 0.29) is 27.4 Å². The van der Waals surface area contributed by atoms with Crippen LogP contribution >= 0.6 is 35.6 Å². The van der Waals surface area contributed by atoms with Crippen LogP contribution in [0.2, 0.25) is 5.02 Å². The van der Waals surface area contributed by atoms with Gasteiger partial charge in [0, 0.05) is 13.1 Å². The van der Waals surface area contributed by atoms with E-state index >= 15 is 0 Å². The lowest BCUT2D eigenvalue weighted by molar-refractivity contribution is -0.137. The Hall–Kier alpha value is -3.12. The maximum absolute atomic E-state index is 13.0. The van der Waals surface area contributed by atoms with Gasteiger partial charge >= 0.3 is 0 Å². The summed E-state index contributed by atoms with van der Waals surface area (Å²) >= 11 is 12.4. The molecular formula is C25H24ClN3O6S2. The number of morpholine rings is 1. The number of thioether (sulfide) groups is 1. The lowest BCUT2D eigenvalue weighted by Crippen LogP contribution is -2.44. The molecule has 0 atom stereocenters. The highest BCUT2D eigenvalue weighted by atomic mass is 35.5. The van der Waals surface area contributed by atoms with Crippen LogP contribution < -0.4 is 14.9 Å². The first kappa shape index (κ1) is 26.9. The lowest BCUT2D eigenvalue weighted by Gasteiger charge is -2.26. The van der Waals surface area contributed by atoms with Crippen LogP contribution in [-0.4, -0.2) is 71.5 Å². The Kier molecular flexibility index (Phi) is 9.04. The Bertz CT molecular complexity index is 1250. The third-order valence-corrected chi connectivity index (χ3v) is 7.04.